The predicted octanol–water partition coefficient (Wildman–Crippen LogP) is -36.3. The minimum atomic E-state index is 1.39. The van der Waals surface area contributed by atoms with Gasteiger partial charge >= 0.3 is 0 Å². The normalized spacial score (nSPS) is 11.8. The van der Waals surface area contributed by atoms with Crippen molar-refractivity contribution in [1.29, 1.82) is 0 Å². The van der Waals surface area contributed by atoms with Gasteiger partial charge in [0.15, 0.2) is 0 Å². The quantitative estimate of drug-likeness (QED) is 0.0942. The maximum absolute atomic E-state index is 2.47. The summed E-state index contributed by atoms with van der Waals surface area (Å²) in [5, 5.41) is 14.3. The molecule has 0 spiro atoms. The highest BCUT2D eigenvalue weighted by Gasteiger charge is 2.31. The summed E-state index contributed by atoms with van der Waals surface area (Å²) >= 11 is 0. The minimum Gasteiger partial charge on any atom is -0.102 e. The molecular formula is C44H56B28. The lowest BCUT2D eigenvalue weighted by Gasteiger charge is -2.33. The Hall–Kier alpha value is -3.90. The monoisotopic (exact) mass is 893 g/mol. The smallest absolute Gasteiger partial charge is 0.102 e. The second kappa shape index (κ2) is 17.9. The largest absolute Gasteiger partial charge is 0.140 e. The second-order valence-corrected chi connectivity index (χ2v) is 23.5. The van der Waals surface area contributed by atoms with Crippen LogP contribution in [-0.2, 0) is 0 Å². The molecule has 316 valence electrons. The molecule has 9 aromatic carbocycles. The molecule has 0 N–H and O–H groups in total. The Morgan fingerprint density at radius 1 is 0.0833 bits per heavy atom. The van der Waals surface area contributed by atoms with Gasteiger partial charge in [0.05, 0.1) is 0 Å². The Balaban J connectivity index is 1.55. The molecular weight excluding hydrogens is 831 g/mol. The maximum atomic E-state index is 2.47. The topological polar surface area (TPSA) is 0 Å². The summed E-state index contributed by atoms with van der Waals surface area (Å²) in [6, 6.07) is 0. The summed E-state index contributed by atoms with van der Waals surface area (Å²) in [6.07, 6.45) is 0. The molecule has 0 aliphatic carbocycles. The molecule has 0 nitrogen and oxygen atoms in total. The molecule has 0 bridgehead atoms. The van der Waals surface area contributed by atoms with Crippen LogP contribution in [0.15, 0.2) is 0 Å². The Kier molecular flexibility index (Phi) is 13.1. The fraction of sp³-hybridized carbons (Fsp3) is 0. The van der Waals surface area contributed by atoms with Gasteiger partial charge in [-0.1, -0.05) is 92.9 Å². The van der Waals surface area contributed by atoms with Crippen molar-refractivity contribution in [3.05, 3.63) is 0 Å². The number of hydrogen-bond acceptors (Lipinski definition) is 0. The molecule has 0 aliphatic heterocycles. The van der Waals surface area contributed by atoms with Crippen LogP contribution in [0.1, 0.15) is 0 Å². The third-order valence-corrected chi connectivity index (χ3v) is 21.1. The van der Waals surface area contributed by atoms with Gasteiger partial charge in [0, 0.05) is 0 Å². The average Bonchev–Trinajstić information content (AvgIpc) is 3.34. The zero-order valence-corrected chi connectivity index (χ0v) is 50.0. The van der Waals surface area contributed by atoms with Crippen molar-refractivity contribution in [2.24, 2.45) is 0 Å². The van der Waals surface area contributed by atoms with Gasteiger partial charge in [-0.3, -0.25) is 0 Å². The molecule has 0 saturated carbocycles. The minimum absolute atomic E-state index is 1.39. The van der Waals surface area contributed by atoms with E-state index in [1.165, 1.54) is 240 Å². The van der Waals surface area contributed by atoms with E-state index in [0.717, 1.165) is 0 Å². The average molecular weight is 888 g/mol. The molecule has 0 aliphatic rings. The molecule has 28 heteroatoms. The first-order valence-corrected chi connectivity index (χ1v) is 27.0. The van der Waals surface area contributed by atoms with E-state index >= 15 is 0 Å². The highest BCUT2D eigenvalue weighted by atomic mass is 14.3. The van der Waals surface area contributed by atoms with Crippen LogP contribution in [0.25, 0.3) is 87.2 Å². The van der Waals surface area contributed by atoms with Crippen LogP contribution in [-0.4, -0.2) is 220 Å². The molecule has 72 heavy (non-hydrogen) atoms. The SMILES string of the molecule is Bc1c(B)c(B)c(-c2c3c(B)c(B)c(B)c(B)c3c(-c3c(B)c(B)c4c(B)c(-c5c(B)c6c(B)c(B)c(B)c(B)c6c6c(B)c(B)c(B)c(B)c56)c(B)c(B)c4c3B)c3c(B)c(B)c(B)c(B)c23)c(B)c1B. The van der Waals surface area contributed by atoms with Crippen molar-refractivity contribution in [2.45, 2.75) is 0 Å². The highest BCUT2D eigenvalue weighted by Crippen LogP contribution is 2.39. The molecule has 0 heterocycles. The highest BCUT2D eigenvalue weighted by molar-refractivity contribution is 6.78. The van der Waals surface area contributed by atoms with Gasteiger partial charge in [0.2, 0.25) is 0 Å². The van der Waals surface area contributed by atoms with Crippen LogP contribution in [0, 0.1) is 0 Å². The standard InChI is InChI=1S/C44H56B28/c45-17-9(7-8(25(53)39(67)38(66)24(7)52)10-14(17)33(61)41(69)40(68)26(10)54)13-19(47)16-15(30(58)28(13)56)18(46)11(27(55)29(16)57)1-3-5(22(50)36(64)34(62)20(3)48)2(6-4(1)21(49)35(63)37(65)23(6)51)12-31(59)42(70)44(72)43(71)32(12)60/h45-72H2. The van der Waals surface area contributed by atoms with Crippen molar-refractivity contribution in [3.8, 4) is 33.4 Å². The van der Waals surface area contributed by atoms with E-state index in [1.807, 2.05) is 0 Å². The lowest BCUT2D eigenvalue weighted by atomic mass is 9.55. The Morgan fingerprint density at radius 3 is 0.528 bits per heavy atom. The van der Waals surface area contributed by atoms with Crippen LogP contribution in [0.4, 0.5) is 0 Å². The Morgan fingerprint density at radius 2 is 0.222 bits per heavy atom. The molecule has 0 fully saturated rings. The van der Waals surface area contributed by atoms with Crippen LogP contribution >= 0.6 is 0 Å². The van der Waals surface area contributed by atoms with Crippen LogP contribution in [0.3, 0.4) is 0 Å². The van der Waals surface area contributed by atoms with Gasteiger partial charge in [-0.05, 0) is 87.2 Å². The van der Waals surface area contributed by atoms with Crippen molar-refractivity contribution < 1.29 is 0 Å². The third kappa shape index (κ3) is 6.72. The number of rotatable bonds is 3. The summed E-state index contributed by atoms with van der Waals surface area (Å²) < 4.78 is 0. The summed E-state index contributed by atoms with van der Waals surface area (Å²) in [5.74, 6) is 0. The first-order chi connectivity index (χ1) is 33.5. The number of benzene rings is 9. The zero-order valence-electron chi connectivity index (χ0n) is 50.0. The second-order valence-electron chi connectivity index (χ2n) is 23.5. The van der Waals surface area contributed by atoms with E-state index in [-0.39, 0.29) is 0 Å². The molecule has 0 radical (unpaired) electrons. The molecule has 0 unspecified atom stereocenters. The van der Waals surface area contributed by atoms with Crippen molar-refractivity contribution in [2.75, 3.05) is 0 Å². The van der Waals surface area contributed by atoms with E-state index in [0.29, 0.717) is 0 Å². The Labute approximate surface area is 456 Å². The van der Waals surface area contributed by atoms with Gasteiger partial charge in [-0.2, -0.15) is 0 Å². The van der Waals surface area contributed by atoms with Crippen molar-refractivity contribution >= 4 is 427 Å². The van der Waals surface area contributed by atoms with Crippen LogP contribution in [0.5, 0.6) is 0 Å². The first kappa shape index (κ1) is 52.9. The van der Waals surface area contributed by atoms with Gasteiger partial charge in [0.25, 0.3) is 0 Å². The van der Waals surface area contributed by atoms with Crippen molar-refractivity contribution in [3.63, 3.8) is 0 Å². The van der Waals surface area contributed by atoms with E-state index in [2.05, 4.69) is 220 Å². The summed E-state index contributed by atoms with van der Waals surface area (Å²) in [6.45, 7) is 0. The van der Waals surface area contributed by atoms with Gasteiger partial charge < -0.3 is 0 Å². The lowest BCUT2D eigenvalue weighted by Crippen LogP contribution is -2.55. The fourth-order valence-electron chi connectivity index (χ4n) is 14.8. The molecule has 9 rings (SSSR count). The van der Waals surface area contributed by atoms with E-state index in [4.69, 9.17) is 0 Å². The maximum Gasteiger partial charge on any atom is 0.140 e. The molecule has 9 aromatic rings. The van der Waals surface area contributed by atoms with Gasteiger partial charge in [-0.25, -0.2) is 0 Å². The number of hydrogen-bond donors (Lipinski definition) is 0. The Bertz CT molecular complexity index is 4010. The molecule has 0 aromatic heterocycles. The molecule has 0 atom stereocenters. The predicted molar refractivity (Wildman–Crippen MR) is 419 cm³/mol. The molecule has 0 saturated heterocycles. The van der Waals surface area contributed by atoms with Crippen LogP contribution < -0.4 is 153 Å². The van der Waals surface area contributed by atoms with E-state index in [1.54, 1.807) is 0 Å². The third-order valence-electron chi connectivity index (χ3n) is 21.1. The zero-order chi connectivity index (χ0) is 53.4. The van der Waals surface area contributed by atoms with Gasteiger partial charge in [-0.15, -0.1) is 60.1 Å². The lowest BCUT2D eigenvalue weighted by molar-refractivity contribution is 1.85. The summed E-state index contributed by atoms with van der Waals surface area (Å²) in [7, 11) is 67.1. The fourth-order valence-corrected chi connectivity index (χ4v) is 14.8. The van der Waals surface area contributed by atoms with Crippen molar-refractivity contribution in [1.82, 2.24) is 0 Å². The first-order valence-electron chi connectivity index (χ1n) is 27.0. The summed E-state index contributed by atoms with van der Waals surface area (Å²) in [5.41, 5.74) is 47.9. The summed E-state index contributed by atoms with van der Waals surface area (Å²) in [4.78, 5) is 0. The van der Waals surface area contributed by atoms with E-state index < -0.39 is 0 Å². The number of fused-ring (bicyclic) bond motifs is 6. The molecule has 0 amide bonds. The van der Waals surface area contributed by atoms with E-state index in [9.17, 15) is 0 Å². The van der Waals surface area contributed by atoms with Crippen LogP contribution in [0.2, 0.25) is 0 Å². The van der Waals surface area contributed by atoms with Gasteiger partial charge in [0.1, 0.15) is 220 Å².